The van der Waals surface area contributed by atoms with Crippen molar-refractivity contribution in [2.24, 2.45) is 5.73 Å². The molecule has 0 aromatic carbocycles. The second-order valence-corrected chi connectivity index (χ2v) is 6.89. The number of fused-ring (bicyclic) bond motifs is 1. The van der Waals surface area contributed by atoms with Gasteiger partial charge in [-0.2, -0.15) is 18.2 Å². The van der Waals surface area contributed by atoms with E-state index in [1.54, 1.807) is 6.20 Å². The van der Waals surface area contributed by atoms with Crippen molar-refractivity contribution in [3.8, 4) is 0 Å². The maximum absolute atomic E-state index is 12.6. The van der Waals surface area contributed by atoms with E-state index in [0.717, 1.165) is 31.7 Å². The van der Waals surface area contributed by atoms with Crippen molar-refractivity contribution in [1.29, 1.82) is 0 Å². The molecule has 152 valence electrons. The SMILES string of the molecule is NC(=O)c1ccn2nc([C@H]3CCC[C@@H](Nc4ncc(C(F)(F)F)cn4)C3)nc2n1. The molecule has 3 aromatic heterocycles. The molecule has 12 heteroatoms. The summed E-state index contributed by atoms with van der Waals surface area (Å²) in [6.45, 7) is 0. The standard InChI is InChI=1S/C17H17F3N8O/c18-17(19,20)10-7-22-15(23-8-10)24-11-3-1-2-9(6-11)14-26-16-25-12(13(21)29)4-5-28(16)27-14/h4-5,7-9,11H,1-3,6H2,(H2,21,29)(H,22,23,24)/t9-,11+/m0/s1. The van der Waals surface area contributed by atoms with E-state index in [1.807, 2.05) is 0 Å². The number of carbonyl (C=O) groups is 1. The largest absolute Gasteiger partial charge is 0.419 e. The summed E-state index contributed by atoms with van der Waals surface area (Å²) < 4.78 is 39.4. The van der Waals surface area contributed by atoms with Crippen LogP contribution in [0.5, 0.6) is 0 Å². The normalized spacial score (nSPS) is 20.0. The summed E-state index contributed by atoms with van der Waals surface area (Å²) in [4.78, 5) is 27.3. The molecular weight excluding hydrogens is 389 g/mol. The Morgan fingerprint density at radius 1 is 1.21 bits per heavy atom. The molecular formula is C17H17F3N8O. The van der Waals surface area contributed by atoms with E-state index >= 15 is 0 Å². The topological polar surface area (TPSA) is 124 Å². The molecule has 3 heterocycles. The van der Waals surface area contributed by atoms with Gasteiger partial charge in [0.15, 0.2) is 5.82 Å². The van der Waals surface area contributed by atoms with E-state index in [0.29, 0.717) is 12.2 Å². The first-order chi connectivity index (χ1) is 13.8. The molecule has 1 aliphatic rings. The van der Waals surface area contributed by atoms with Gasteiger partial charge in [-0.05, 0) is 25.3 Å². The lowest BCUT2D eigenvalue weighted by Crippen LogP contribution is -2.28. The number of anilines is 1. The number of hydrogen-bond acceptors (Lipinski definition) is 7. The molecule has 1 saturated carbocycles. The first-order valence-electron chi connectivity index (χ1n) is 8.98. The van der Waals surface area contributed by atoms with E-state index in [2.05, 4.69) is 30.4 Å². The average Bonchev–Trinajstić information content (AvgIpc) is 3.11. The predicted octanol–water partition coefficient (Wildman–Crippen LogP) is 2.17. The van der Waals surface area contributed by atoms with Gasteiger partial charge in [-0.1, -0.05) is 6.42 Å². The van der Waals surface area contributed by atoms with Gasteiger partial charge in [-0.15, -0.1) is 5.10 Å². The number of primary amides is 1. The van der Waals surface area contributed by atoms with Gasteiger partial charge in [-0.25, -0.2) is 19.5 Å². The van der Waals surface area contributed by atoms with Crippen molar-refractivity contribution in [2.75, 3.05) is 5.32 Å². The summed E-state index contributed by atoms with van der Waals surface area (Å²) in [6, 6.07) is 1.45. The van der Waals surface area contributed by atoms with Crippen molar-refractivity contribution in [3.63, 3.8) is 0 Å². The highest BCUT2D eigenvalue weighted by atomic mass is 19.4. The molecule has 3 aromatic rings. The van der Waals surface area contributed by atoms with E-state index in [-0.39, 0.29) is 29.4 Å². The molecule has 2 atom stereocenters. The van der Waals surface area contributed by atoms with Crippen molar-refractivity contribution in [3.05, 3.63) is 41.7 Å². The molecule has 4 rings (SSSR count). The Hall–Kier alpha value is -3.31. The number of rotatable bonds is 4. The lowest BCUT2D eigenvalue weighted by Gasteiger charge is -2.28. The van der Waals surface area contributed by atoms with Crippen molar-refractivity contribution in [1.82, 2.24) is 29.5 Å². The Morgan fingerprint density at radius 3 is 2.66 bits per heavy atom. The third kappa shape index (κ3) is 4.10. The van der Waals surface area contributed by atoms with Crippen molar-refractivity contribution in [2.45, 2.75) is 43.8 Å². The highest BCUT2D eigenvalue weighted by Gasteiger charge is 2.32. The first-order valence-corrected chi connectivity index (χ1v) is 8.98. The summed E-state index contributed by atoms with van der Waals surface area (Å²) >= 11 is 0. The van der Waals surface area contributed by atoms with Gasteiger partial charge in [-0.3, -0.25) is 4.79 Å². The Balaban J connectivity index is 1.47. The van der Waals surface area contributed by atoms with E-state index in [1.165, 1.54) is 10.6 Å². The zero-order valence-electron chi connectivity index (χ0n) is 15.1. The van der Waals surface area contributed by atoms with Crippen LogP contribution in [0.25, 0.3) is 5.78 Å². The van der Waals surface area contributed by atoms with Crippen LogP contribution in [0.15, 0.2) is 24.7 Å². The lowest BCUT2D eigenvalue weighted by molar-refractivity contribution is -0.138. The maximum Gasteiger partial charge on any atom is 0.419 e. The van der Waals surface area contributed by atoms with E-state index in [9.17, 15) is 18.0 Å². The van der Waals surface area contributed by atoms with Crippen LogP contribution in [0.3, 0.4) is 0 Å². The average molecular weight is 406 g/mol. The number of alkyl halides is 3. The fourth-order valence-electron chi connectivity index (χ4n) is 3.39. The third-order valence-corrected chi connectivity index (χ3v) is 4.83. The molecule has 29 heavy (non-hydrogen) atoms. The first kappa shape index (κ1) is 19.0. The molecule has 0 saturated heterocycles. The van der Waals surface area contributed by atoms with Gasteiger partial charge in [0.05, 0.1) is 5.56 Å². The number of amides is 1. The quantitative estimate of drug-likeness (QED) is 0.680. The minimum absolute atomic E-state index is 0.0220. The van der Waals surface area contributed by atoms with Gasteiger partial charge < -0.3 is 11.1 Å². The molecule has 0 aliphatic heterocycles. The molecule has 0 spiro atoms. The monoisotopic (exact) mass is 406 g/mol. The predicted molar refractivity (Wildman–Crippen MR) is 95.0 cm³/mol. The molecule has 0 bridgehead atoms. The van der Waals surface area contributed by atoms with E-state index in [4.69, 9.17) is 5.73 Å². The summed E-state index contributed by atoms with van der Waals surface area (Å²) in [5.74, 6) is 0.431. The molecule has 9 nitrogen and oxygen atoms in total. The zero-order valence-corrected chi connectivity index (χ0v) is 15.1. The fraction of sp³-hybridized carbons (Fsp3) is 0.412. The molecule has 1 fully saturated rings. The van der Waals surface area contributed by atoms with Gasteiger partial charge >= 0.3 is 6.18 Å². The van der Waals surface area contributed by atoms with Crippen LogP contribution in [0.2, 0.25) is 0 Å². The number of aromatic nitrogens is 6. The van der Waals surface area contributed by atoms with Crippen molar-refractivity contribution < 1.29 is 18.0 Å². The minimum atomic E-state index is -4.47. The van der Waals surface area contributed by atoms with Crippen LogP contribution in [-0.2, 0) is 6.18 Å². The smallest absolute Gasteiger partial charge is 0.364 e. The van der Waals surface area contributed by atoms with Crippen LogP contribution in [0.1, 0.15) is 53.5 Å². The third-order valence-electron chi connectivity index (χ3n) is 4.83. The Morgan fingerprint density at radius 2 is 1.97 bits per heavy atom. The number of hydrogen-bond donors (Lipinski definition) is 2. The molecule has 1 amide bonds. The fourth-order valence-corrected chi connectivity index (χ4v) is 3.39. The van der Waals surface area contributed by atoms with Crippen LogP contribution in [0.4, 0.5) is 19.1 Å². The molecule has 0 unspecified atom stereocenters. The van der Waals surface area contributed by atoms with Crippen molar-refractivity contribution >= 4 is 17.6 Å². The van der Waals surface area contributed by atoms with Gasteiger partial charge in [0.1, 0.15) is 5.69 Å². The summed E-state index contributed by atoms with van der Waals surface area (Å²) in [6.07, 6.45) is 1.90. The summed E-state index contributed by atoms with van der Waals surface area (Å²) in [5.41, 5.74) is 4.46. The number of carbonyl (C=O) groups excluding carboxylic acids is 1. The van der Waals surface area contributed by atoms with Gasteiger partial charge in [0.25, 0.3) is 11.7 Å². The number of halogens is 3. The second kappa shape index (κ2) is 7.26. The number of nitrogens with one attached hydrogen (secondary N) is 1. The van der Waals surface area contributed by atoms with E-state index < -0.39 is 17.6 Å². The number of nitrogens with two attached hydrogens (primary N) is 1. The van der Waals surface area contributed by atoms with Crippen LogP contribution >= 0.6 is 0 Å². The molecule has 3 N–H and O–H groups in total. The summed E-state index contributed by atoms with van der Waals surface area (Å²) in [7, 11) is 0. The lowest BCUT2D eigenvalue weighted by atomic mass is 9.85. The molecule has 1 aliphatic carbocycles. The Labute approximate surface area is 162 Å². The maximum atomic E-state index is 12.6. The zero-order chi connectivity index (χ0) is 20.6. The minimum Gasteiger partial charge on any atom is -0.364 e. The van der Waals surface area contributed by atoms with Gasteiger partial charge in [0, 0.05) is 30.6 Å². The van der Waals surface area contributed by atoms with Crippen LogP contribution in [-0.4, -0.2) is 41.5 Å². The summed E-state index contributed by atoms with van der Waals surface area (Å²) in [5, 5.41) is 7.51. The highest BCUT2D eigenvalue weighted by Crippen LogP contribution is 2.33. The highest BCUT2D eigenvalue weighted by molar-refractivity contribution is 5.90. The van der Waals surface area contributed by atoms with Gasteiger partial charge in [0.2, 0.25) is 5.95 Å². The Kier molecular flexibility index (Phi) is 4.76. The Bertz CT molecular complexity index is 1030. The van der Waals surface area contributed by atoms with Crippen LogP contribution in [0, 0.1) is 0 Å². The molecule has 0 radical (unpaired) electrons. The number of nitrogens with zero attached hydrogens (tertiary/aromatic N) is 6. The van der Waals surface area contributed by atoms with Crippen LogP contribution < -0.4 is 11.1 Å². The second-order valence-electron chi connectivity index (χ2n) is 6.89.